The molecule has 0 unspecified atom stereocenters. The van der Waals surface area contributed by atoms with Gasteiger partial charge in [0.15, 0.2) is 15.0 Å². The number of imidazole rings is 1. The van der Waals surface area contributed by atoms with Gasteiger partial charge < -0.3 is 5.32 Å². The summed E-state index contributed by atoms with van der Waals surface area (Å²) in [5.41, 5.74) is 4.00. The van der Waals surface area contributed by atoms with E-state index in [0.717, 1.165) is 27.4 Å². The van der Waals surface area contributed by atoms with Gasteiger partial charge in [0.05, 0.1) is 28.3 Å². The molecule has 1 amide bonds. The van der Waals surface area contributed by atoms with Gasteiger partial charge in [-0.2, -0.15) is 0 Å². The van der Waals surface area contributed by atoms with Crippen LogP contribution in [0.4, 0.5) is 0 Å². The number of aromatic nitrogens is 2. The first-order valence-corrected chi connectivity index (χ1v) is 11.9. The maximum absolute atomic E-state index is 12.3. The molecule has 0 bridgehead atoms. The van der Waals surface area contributed by atoms with Gasteiger partial charge >= 0.3 is 0 Å². The van der Waals surface area contributed by atoms with Crippen LogP contribution in [0.15, 0.2) is 53.7 Å². The fourth-order valence-electron chi connectivity index (χ4n) is 3.43. The van der Waals surface area contributed by atoms with Crippen LogP contribution in [0.1, 0.15) is 12.0 Å². The molecular formula is C20H21N3O3S2. The van der Waals surface area contributed by atoms with E-state index < -0.39 is 9.84 Å². The van der Waals surface area contributed by atoms with E-state index >= 15 is 0 Å². The number of fused-ring (bicyclic) bond motifs is 1. The van der Waals surface area contributed by atoms with Crippen LogP contribution in [0.5, 0.6) is 0 Å². The number of carbonyl (C=O) groups is 1. The van der Waals surface area contributed by atoms with Crippen LogP contribution in [0.2, 0.25) is 0 Å². The first kappa shape index (κ1) is 19.0. The second-order valence-corrected chi connectivity index (χ2v) is 10.2. The minimum atomic E-state index is -3.01. The molecule has 28 heavy (non-hydrogen) atoms. The topological polar surface area (TPSA) is 81.1 Å². The Kier molecular flexibility index (Phi) is 5.16. The summed E-state index contributed by atoms with van der Waals surface area (Å²) in [4.78, 5) is 17.0. The van der Waals surface area contributed by atoms with Crippen molar-refractivity contribution < 1.29 is 13.2 Å². The number of sulfone groups is 1. The maximum Gasteiger partial charge on any atom is 0.230 e. The van der Waals surface area contributed by atoms with Crippen LogP contribution in [-0.2, 0) is 14.6 Å². The van der Waals surface area contributed by atoms with E-state index in [9.17, 15) is 13.2 Å². The maximum atomic E-state index is 12.3. The molecular weight excluding hydrogens is 394 g/mol. The third-order valence-corrected chi connectivity index (χ3v) is 7.43. The molecule has 1 aliphatic heterocycles. The minimum absolute atomic E-state index is 0.0329. The van der Waals surface area contributed by atoms with Gasteiger partial charge in [-0.3, -0.25) is 9.36 Å². The third-order valence-electron chi connectivity index (χ3n) is 4.72. The van der Waals surface area contributed by atoms with E-state index in [1.807, 2.05) is 49.4 Å². The van der Waals surface area contributed by atoms with Crippen molar-refractivity contribution in [3.63, 3.8) is 0 Å². The summed E-state index contributed by atoms with van der Waals surface area (Å²) in [5, 5.41) is 3.57. The number of thioether (sulfide) groups is 1. The zero-order valence-electron chi connectivity index (χ0n) is 15.5. The smallest absolute Gasteiger partial charge is 0.230 e. The van der Waals surface area contributed by atoms with E-state index in [4.69, 9.17) is 4.98 Å². The van der Waals surface area contributed by atoms with Crippen molar-refractivity contribution in [2.24, 2.45) is 0 Å². The zero-order chi connectivity index (χ0) is 19.7. The van der Waals surface area contributed by atoms with Crippen molar-refractivity contribution in [2.75, 3.05) is 17.3 Å². The first-order chi connectivity index (χ1) is 13.4. The van der Waals surface area contributed by atoms with Gasteiger partial charge in [0.1, 0.15) is 0 Å². The Labute approximate surface area is 168 Å². The highest BCUT2D eigenvalue weighted by molar-refractivity contribution is 7.99. The molecule has 146 valence electrons. The fourth-order valence-corrected chi connectivity index (χ4v) is 5.94. The van der Waals surface area contributed by atoms with Crippen LogP contribution in [-0.4, -0.2) is 47.2 Å². The lowest BCUT2D eigenvalue weighted by molar-refractivity contribution is -0.119. The molecule has 1 saturated heterocycles. The van der Waals surface area contributed by atoms with Crippen molar-refractivity contribution in [3.8, 4) is 5.69 Å². The number of hydrogen-bond donors (Lipinski definition) is 1. The standard InChI is InChI=1S/C20H21N3O3S2/c1-14-5-4-6-16(11-14)23-18-8-3-2-7-17(18)22-20(23)27-12-19(24)21-15-9-10-28(25,26)13-15/h2-8,11,15H,9-10,12-13H2,1H3,(H,21,24)/t15-/m1/s1. The van der Waals surface area contributed by atoms with Crippen LogP contribution >= 0.6 is 11.8 Å². The molecule has 1 fully saturated rings. The molecule has 0 spiro atoms. The molecule has 1 atom stereocenters. The second kappa shape index (κ2) is 7.60. The summed E-state index contributed by atoms with van der Waals surface area (Å²) in [6, 6.07) is 15.7. The fraction of sp³-hybridized carbons (Fsp3) is 0.300. The number of aryl methyl sites for hydroxylation is 1. The van der Waals surface area contributed by atoms with Gasteiger partial charge in [0, 0.05) is 11.7 Å². The molecule has 8 heteroatoms. The van der Waals surface area contributed by atoms with Crippen molar-refractivity contribution in [1.82, 2.24) is 14.9 Å². The minimum Gasteiger partial charge on any atom is -0.352 e. The van der Waals surface area contributed by atoms with E-state index in [0.29, 0.717) is 6.42 Å². The summed E-state index contributed by atoms with van der Waals surface area (Å²) in [6.45, 7) is 2.04. The highest BCUT2D eigenvalue weighted by Gasteiger charge is 2.29. The molecule has 3 aromatic rings. The molecule has 6 nitrogen and oxygen atoms in total. The number of nitrogens with zero attached hydrogens (tertiary/aromatic N) is 2. The lowest BCUT2D eigenvalue weighted by atomic mass is 10.2. The Morgan fingerprint density at radius 1 is 1.25 bits per heavy atom. The highest BCUT2D eigenvalue weighted by atomic mass is 32.2. The number of hydrogen-bond acceptors (Lipinski definition) is 5. The molecule has 2 heterocycles. The van der Waals surface area contributed by atoms with Gasteiger partial charge in [-0.05, 0) is 43.2 Å². The second-order valence-electron chi connectivity index (χ2n) is 7.01. The predicted octanol–water partition coefficient (Wildman–Crippen LogP) is 2.73. The Hall–Kier alpha value is -2.32. The van der Waals surface area contributed by atoms with Crippen molar-refractivity contribution in [1.29, 1.82) is 0 Å². The summed E-state index contributed by atoms with van der Waals surface area (Å²) in [6.07, 6.45) is 0.487. The Bertz CT molecular complexity index is 1140. The molecule has 4 rings (SSSR count). The van der Waals surface area contributed by atoms with Crippen molar-refractivity contribution >= 4 is 38.5 Å². The number of nitrogens with one attached hydrogen (secondary N) is 1. The summed E-state index contributed by atoms with van der Waals surface area (Å²) in [7, 11) is -3.01. The number of carbonyl (C=O) groups excluding carboxylic acids is 1. The highest BCUT2D eigenvalue weighted by Crippen LogP contribution is 2.28. The summed E-state index contributed by atoms with van der Waals surface area (Å²) < 4.78 is 25.2. The van der Waals surface area contributed by atoms with Gasteiger partial charge in [-0.25, -0.2) is 13.4 Å². The van der Waals surface area contributed by atoms with Crippen LogP contribution < -0.4 is 5.32 Å². The number of rotatable bonds is 5. The number of amides is 1. The number of benzene rings is 2. The molecule has 0 saturated carbocycles. The Morgan fingerprint density at radius 3 is 2.82 bits per heavy atom. The summed E-state index contributed by atoms with van der Waals surface area (Å²) in [5.74, 6) is 0.195. The van der Waals surface area contributed by atoms with Crippen molar-refractivity contribution in [2.45, 2.75) is 24.5 Å². The monoisotopic (exact) mass is 415 g/mol. The SMILES string of the molecule is Cc1cccc(-n2c(SCC(=O)N[C@@H]3CCS(=O)(=O)C3)nc3ccccc32)c1. The summed E-state index contributed by atoms with van der Waals surface area (Å²) >= 11 is 1.36. The van der Waals surface area contributed by atoms with Crippen LogP contribution in [0, 0.1) is 6.92 Å². The van der Waals surface area contributed by atoms with E-state index in [1.54, 1.807) is 0 Å². The average Bonchev–Trinajstić information content (AvgIpc) is 3.19. The average molecular weight is 416 g/mol. The normalized spacial score (nSPS) is 18.4. The van der Waals surface area contributed by atoms with Crippen molar-refractivity contribution in [3.05, 3.63) is 54.1 Å². The van der Waals surface area contributed by atoms with E-state index in [2.05, 4.69) is 16.0 Å². The van der Waals surface area contributed by atoms with Gasteiger partial charge in [-0.15, -0.1) is 0 Å². The van der Waals surface area contributed by atoms with Gasteiger partial charge in [0.2, 0.25) is 5.91 Å². The lowest BCUT2D eigenvalue weighted by Gasteiger charge is -2.12. The molecule has 1 N–H and O–H groups in total. The van der Waals surface area contributed by atoms with Crippen LogP contribution in [0.3, 0.4) is 0 Å². The largest absolute Gasteiger partial charge is 0.352 e. The Morgan fingerprint density at radius 2 is 2.07 bits per heavy atom. The Balaban J connectivity index is 1.55. The van der Waals surface area contributed by atoms with E-state index in [-0.39, 0.29) is 29.2 Å². The third kappa shape index (κ3) is 4.07. The molecule has 1 aromatic heterocycles. The van der Waals surface area contributed by atoms with E-state index in [1.165, 1.54) is 11.8 Å². The first-order valence-electron chi connectivity index (χ1n) is 9.08. The number of para-hydroxylation sites is 2. The van der Waals surface area contributed by atoms with Gasteiger partial charge in [-0.1, -0.05) is 36.0 Å². The zero-order valence-corrected chi connectivity index (χ0v) is 17.1. The molecule has 0 radical (unpaired) electrons. The van der Waals surface area contributed by atoms with Gasteiger partial charge in [0.25, 0.3) is 0 Å². The quantitative estimate of drug-likeness (QED) is 0.648. The predicted molar refractivity (Wildman–Crippen MR) is 112 cm³/mol. The molecule has 1 aliphatic rings. The molecule has 0 aliphatic carbocycles. The lowest BCUT2D eigenvalue weighted by Crippen LogP contribution is -2.36. The van der Waals surface area contributed by atoms with Crippen LogP contribution in [0.25, 0.3) is 16.7 Å². The molecule has 2 aromatic carbocycles.